The largest absolute Gasteiger partial charge is 0.497 e. The first-order valence-corrected chi connectivity index (χ1v) is 5.92. The van der Waals surface area contributed by atoms with Crippen LogP contribution in [0.1, 0.15) is 5.56 Å². The van der Waals surface area contributed by atoms with Crippen molar-refractivity contribution in [1.29, 1.82) is 0 Å². The Morgan fingerprint density at radius 3 is 2.63 bits per heavy atom. The van der Waals surface area contributed by atoms with E-state index in [0.717, 1.165) is 22.9 Å². The van der Waals surface area contributed by atoms with Crippen molar-refractivity contribution >= 4 is 5.82 Å². The summed E-state index contributed by atoms with van der Waals surface area (Å²) in [5, 5.41) is 0. The minimum atomic E-state index is 0.699. The predicted octanol–water partition coefficient (Wildman–Crippen LogP) is 2.13. The number of hydrogen-bond donors (Lipinski definition) is 0. The van der Waals surface area contributed by atoms with Crippen LogP contribution < -0.4 is 14.4 Å². The molecule has 0 radical (unpaired) electrons. The minimum Gasteiger partial charge on any atom is -0.497 e. The van der Waals surface area contributed by atoms with Gasteiger partial charge in [0.2, 0.25) is 0 Å². The third kappa shape index (κ3) is 3.13. The predicted molar refractivity (Wildman–Crippen MR) is 73.7 cm³/mol. The van der Waals surface area contributed by atoms with Crippen LogP contribution >= 0.6 is 0 Å². The molecule has 1 heterocycles. The van der Waals surface area contributed by atoms with Gasteiger partial charge in [0.05, 0.1) is 14.2 Å². The maximum absolute atomic E-state index is 5.39. The molecule has 100 valence electrons. The highest BCUT2D eigenvalue weighted by Crippen LogP contribution is 2.26. The average molecular weight is 259 g/mol. The van der Waals surface area contributed by atoms with E-state index in [1.165, 1.54) is 6.33 Å². The number of anilines is 1. The average Bonchev–Trinajstić information content (AvgIpc) is 2.48. The monoisotopic (exact) mass is 259 g/mol. The van der Waals surface area contributed by atoms with Gasteiger partial charge < -0.3 is 14.4 Å². The summed E-state index contributed by atoms with van der Waals surface area (Å²) >= 11 is 0. The number of rotatable bonds is 5. The maximum Gasteiger partial charge on any atom is 0.131 e. The number of aromatic nitrogens is 2. The van der Waals surface area contributed by atoms with Gasteiger partial charge in [0, 0.05) is 31.4 Å². The summed E-state index contributed by atoms with van der Waals surface area (Å²) in [5.41, 5.74) is 1.07. The SMILES string of the molecule is COc1ccc(CN(C)c2ccncn2)c(OC)c1. The molecule has 0 N–H and O–H groups in total. The van der Waals surface area contributed by atoms with Crippen molar-refractivity contribution in [3.05, 3.63) is 42.4 Å². The number of methoxy groups -OCH3 is 2. The molecule has 19 heavy (non-hydrogen) atoms. The standard InChI is InChI=1S/C14H17N3O2/c1-17(14-6-7-15-10-16-14)9-11-4-5-12(18-2)8-13(11)19-3/h4-8,10H,9H2,1-3H3. The zero-order valence-corrected chi connectivity index (χ0v) is 11.3. The Kier molecular flexibility index (Phi) is 4.18. The van der Waals surface area contributed by atoms with Gasteiger partial charge in [-0.15, -0.1) is 0 Å². The van der Waals surface area contributed by atoms with Gasteiger partial charge in [-0.1, -0.05) is 0 Å². The Morgan fingerprint density at radius 1 is 1.16 bits per heavy atom. The van der Waals surface area contributed by atoms with E-state index < -0.39 is 0 Å². The van der Waals surface area contributed by atoms with Crippen LogP contribution in [0.5, 0.6) is 11.5 Å². The first-order valence-electron chi connectivity index (χ1n) is 5.92. The van der Waals surface area contributed by atoms with Crippen molar-refractivity contribution in [2.24, 2.45) is 0 Å². The molecule has 0 saturated carbocycles. The highest BCUT2D eigenvalue weighted by atomic mass is 16.5. The summed E-state index contributed by atoms with van der Waals surface area (Å²) in [6.07, 6.45) is 3.27. The van der Waals surface area contributed by atoms with Crippen LogP contribution in [-0.4, -0.2) is 31.2 Å². The van der Waals surface area contributed by atoms with E-state index in [-0.39, 0.29) is 0 Å². The fourth-order valence-corrected chi connectivity index (χ4v) is 1.83. The Balaban J connectivity index is 2.19. The fourth-order valence-electron chi connectivity index (χ4n) is 1.83. The number of benzene rings is 1. The van der Waals surface area contributed by atoms with Gasteiger partial charge in [-0.25, -0.2) is 9.97 Å². The molecule has 0 bridgehead atoms. The molecule has 2 aromatic rings. The van der Waals surface area contributed by atoms with Crippen LogP contribution in [0, 0.1) is 0 Å². The highest BCUT2D eigenvalue weighted by Gasteiger charge is 2.09. The third-order valence-corrected chi connectivity index (χ3v) is 2.86. The molecule has 0 unspecified atom stereocenters. The van der Waals surface area contributed by atoms with Crippen LogP contribution in [-0.2, 0) is 6.54 Å². The van der Waals surface area contributed by atoms with Crippen LogP contribution in [0.25, 0.3) is 0 Å². The zero-order chi connectivity index (χ0) is 13.7. The Morgan fingerprint density at radius 2 is 2.00 bits per heavy atom. The van der Waals surface area contributed by atoms with E-state index in [4.69, 9.17) is 9.47 Å². The van der Waals surface area contributed by atoms with Gasteiger partial charge >= 0.3 is 0 Å². The quantitative estimate of drug-likeness (QED) is 0.823. The molecule has 2 rings (SSSR count). The van der Waals surface area contributed by atoms with Crippen LogP contribution in [0.2, 0.25) is 0 Å². The van der Waals surface area contributed by atoms with Crippen molar-refractivity contribution in [1.82, 2.24) is 9.97 Å². The molecule has 1 aromatic carbocycles. The molecule has 0 atom stereocenters. The van der Waals surface area contributed by atoms with Crippen molar-refractivity contribution in [3.8, 4) is 11.5 Å². The first-order chi connectivity index (χ1) is 9.24. The normalized spacial score (nSPS) is 10.1. The van der Waals surface area contributed by atoms with E-state index in [2.05, 4.69) is 9.97 Å². The van der Waals surface area contributed by atoms with E-state index in [1.54, 1.807) is 20.4 Å². The molecular formula is C14H17N3O2. The number of ether oxygens (including phenoxy) is 2. The fraction of sp³-hybridized carbons (Fsp3) is 0.286. The van der Waals surface area contributed by atoms with Gasteiger partial charge in [0.15, 0.2) is 0 Å². The van der Waals surface area contributed by atoms with Gasteiger partial charge in [0.25, 0.3) is 0 Å². The second kappa shape index (κ2) is 6.04. The number of nitrogens with zero attached hydrogens (tertiary/aromatic N) is 3. The van der Waals surface area contributed by atoms with E-state index in [0.29, 0.717) is 6.54 Å². The van der Waals surface area contributed by atoms with Crippen LogP contribution in [0.15, 0.2) is 36.8 Å². The molecule has 0 aliphatic rings. The molecule has 0 amide bonds. The zero-order valence-electron chi connectivity index (χ0n) is 11.3. The van der Waals surface area contributed by atoms with Gasteiger partial charge in [-0.3, -0.25) is 0 Å². The van der Waals surface area contributed by atoms with E-state index in [1.807, 2.05) is 36.2 Å². The van der Waals surface area contributed by atoms with Crippen molar-refractivity contribution in [3.63, 3.8) is 0 Å². The molecule has 0 aliphatic heterocycles. The molecule has 1 aromatic heterocycles. The van der Waals surface area contributed by atoms with Gasteiger partial charge in [-0.2, -0.15) is 0 Å². The van der Waals surface area contributed by atoms with E-state index >= 15 is 0 Å². The summed E-state index contributed by atoms with van der Waals surface area (Å²) < 4.78 is 10.6. The number of hydrogen-bond acceptors (Lipinski definition) is 5. The first kappa shape index (κ1) is 13.1. The molecule has 0 aliphatic carbocycles. The summed E-state index contributed by atoms with van der Waals surface area (Å²) in [7, 11) is 5.27. The molecule has 0 saturated heterocycles. The Bertz CT molecular complexity index is 531. The Labute approximate surface area is 112 Å². The molecule has 5 heteroatoms. The lowest BCUT2D eigenvalue weighted by Crippen LogP contribution is -2.18. The minimum absolute atomic E-state index is 0.699. The van der Waals surface area contributed by atoms with Crippen molar-refractivity contribution in [2.75, 3.05) is 26.2 Å². The van der Waals surface area contributed by atoms with Gasteiger partial charge in [0.1, 0.15) is 23.6 Å². The lowest BCUT2D eigenvalue weighted by molar-refractivity contribution is 0.391. The smallest absolute Gasteiger partial charge is 0.131 e. The van der Waals surface area contributed by atoms with Crippen molar-refractivity contribution < 1.29 is 9.47 Å². The van der Waals surface area contributed by atoms with Crippen LogP contribution in [0.4, 0.5) is 5.82 Å². The lowest BCUT2D eigenvalue weighted by Gasteiger charge is -2.19. The molecule has 0 spiro atoms. The Hall–Kier alpha value is -2.30. The van der Waals surface area contributed by atoms with Crippen molar-refractivity contribution in [2.45, 2.75) is 6.54 Å². The maximum atomic E-state index is 5.39. The topological polar surface area (TPSA) is 47.5 Å². The summed E-state index contributed by atoms with van der Waals surface area (Å²) in [6.45, 7) is 0.699. The summed E-state index contributed by atoms with van der Waals surface area (Å²) in [6, 6.07) is 7.67. The highest BCUT2D eigenvalue weighted by molar-refractivity contribution is 5.44. The van der Waals surface area contributed by atoms with Crippen LogP contribution in [0.3, 0.4) is 0 Å². The second-order valence-electron chi connectivity index (χ2n) is 4.10. The summed E-state index contributed by atoms with van der Waals surface area (Å²) in [4.78, 5) is 10.2. The molecule has 5 nitrogen and oxygen atoms in total. The van der Waals surface area contributed by atoms with Gasteiger partial charge in [-0.05, 0) is 18.2 Å². The second-order valence-corrected chi connectivity index (χ2v) is 4.10. The molecule has 0 fully saturated rings. The lowest BCUT2D eigenvalue weighted by atomic mass is 10.2. The summed E-state index contributed by atoms with van der Waals surface area (Å²) in [5.74, 6) is 2.46. The third-order valence-electron chi connectivity index (χ3n) is 2.86. The van der Waals surface area contributed by atoms with E-state index in [9.17, 15) is 0 Å². The molecular weight excluding hydrogens is 242 g/mol.